The minimum Gasteiger partial charge on any atom is -0.0836 e. The lowest BCUT2D eigenvalue weighted by molar-refractivity contribution is 0.759. The molecule has 0 spiro atoms. The van der Waals surface area contributed by atoms with Crippen molar-refractivity contribution in [3.8, 4) is 22.3 Å². The van der Waals surface area contributed by atoms with Gasteiger partial charge in [0.2, 0.25) is 0 Å². The van der Waals surface area contributed by atoms with Crippen LogP contribution >= 0.6 is 0 Å². The summed E-state index contributed by atoms with van der Waals surface area (Å²) in [7, 11) is 0. The Morgan fingerprint density at radius 3 is 2.33 bits per heavy atom. The molecule has 7 aromatic carbocycles. The fraction of sp³-hybridized carbons (Fsp3) is 0.125. The van der Waals surface area contributed by atoms with E-state index in [1.54, 1.807) is 0 Å². The van der Waals surface area contributed by atoms with Crippen LogP contribution in [0.25, 0.3) is 66.7 Å². The zero-order chi connectivity index (χ0) is 31.3. The average Bonchev–Trinajstić information content (AvgIpc) is 3.47. The SMILES string of the molecule is C1=CCC(c2c3c(c(-c4ccccc4)c4cc5c(cc24)-c2cc4cccc6ccc7c(c2C5C(c2ccccc2)C=7)c64)CCC=C3)C=C1. The minimum atomic E-state index is 0.269. The molecule has 4 aliphatic carbocycles. The first-order valence-electron chi connectivity index (χ1n) is 17.6. The Bertz CT molecular complexity index is 2630. The molecule has 4 aliphatic rings. The van der Waals surface area contributed by atoms with E-state index in [4.69, 9.17) is 0 Å². The van der Waals surface area contributed by atoms with E-state index in [1.807, 2.05) is 0 Å². The molecule has 226 valence electrons. The maximum absolute atomic E-state index is 2.65. The van der Waals surface area contributed by atoms with Crippen molar-refractivity contribution in [2.45, 2.75) is 37.0 Å². The predicted octanol–water partition coefficient (Wildman–Crippen LogP) is 11.8. The fourth-order valence-corrected chi connectivity index (χ4v) is 9.82. The summed E-state index contributed by atoms with van der Waals surface area (Å²) in [5, 5.41) is 9.78. The highest BCUT2D eigenvalue weighted by molar-refractivity contribution is 6.17. The zero-order valence-corrected chi connectivity index (χ0v) is 26.8. The Balaban J connectivity index is 1.31. The molecule has 0 bridgehead atoms. The second-order valence-corrected chi connectivity index (χ2v) is 14.2. The molecule has 3 atom stereocenters. The number of allylic oxidation sites excluding steroid dienone is 5. The van der Waals surface area contributed by atoms with Crippen LogP contribution in [0.15, 0.2) is 140 Å². The molecule has 7 aromatic rings. The van der Waals surface area contributed by atoms with Gasteiger partial charge >= 0.3 is 0 Å². The van der Waals surface area contributed by atoms with E-state index >= 15 is 0 Å². The highest BCUT2D eigenvalue weighted by atomic mass is 14.4. The van der Waals surface area contributed by atoms with Crippen molar-refractivity contribution >= 4 is 44.5 Å². The number of hydrogen-bond acceptors (Lipinski definition) is 0. The molecule has 0 saturated carbocycles. The first-order valence-corrected chi connectivity index (χ1v) is 17.6. The number of benzene rings is 7. The molecule has 0 heteroatoms. The van der Waals surface area contributed by atoms with Crippen molar-refractivity contribution in [1.29, 1.82) is 0 Å². The van der Waals surface area contributed by atoms with Gasteiger partial charge in [-0.05, 0) is 131 Å². The molecule has 48 heavy (non-hydrogen) atoms. The van der Waals surface area contributed by atoms with Gasteiger partial charge in [0.1, 0.15) is 0 Å². The van der Waals surface area contributed by atoms with E-state index < -0.39 is 0 Å². The van der Waals surface area contributed by atoms with Crippen LogP contribution in [0.5, 0.6) is 0 Å². The van der Waals surface area contributed by atoms with Crippen molar-refractivity contribution in [3.05, 3.63) is 178 Å². The monoisotopic (exact) mass is 610 g/mol. The van der Waals surface area contributed by atoms with Gasteiger partial charge in [-0.2, -0.15) is 0 Å². The topological polar surface area (TPSA) is 0 Å². The summed E-state index contributed by atoms with van der Waals surface area (Å²) in [5.41, 5.74) is 14.5. The van der Waals surface area contributed by atoms with E-state index in [1.165, 1.54) is 93.2 Å². The molecule has 11 rings (SSSR count). The van der Waals surface area contributed by atoms with Crippen LogP contribution in [0.2, 0.25) is 0 Å². The standard InChI is InChI=1S/C48H34/c1-4-13-29(14-5-1)37-25-34-24-23-32-19-12-20-33-26-39-38-27-41-42(28-40(38)47(37)48(39)46(34)43(32)33)45(31-17-8-3-9-18-31)36-22-11-10-21-35(36)44(41)30-15-6-2-7-16-30/h1-10,12-15,17-21,23-28,30,37,47H,11,16,22H2. The van der Waals surface area contributed by atoms with Crippen molar-refractivity contribution in [2.75, 3.05) is 0 Å². The van der Waals surface area contributed by atoms with Crippen molar-refractivity contribution < 1.29 is 0 Å². The quantitative estimate of drug-likeness (QED) is 0.187. The largest absolute Gasteiger partial charge is 0.0836 e. The molecule has 0 heterocycles. The molecule has 0 saturated heterocycles. The van der Waals surface area contributed by atoms with Gasteiger partial charge in [-0.1, -0.05) is 134 Å². The molecule has 0 N–H and O–H groups in total. The van der Waals surface area contributed by atoms with E-state index in [2.05, 4.69) is 152 Å². The summed E-state index contributed by atoms with van der Waals surface area (Å²) in [5.74, 6) is 0.898. The van der Waals surface area contributed by atoms with Crippen LogP contribution in [-0.4, -0.2) is 0 Å². The summed E-state index contributed by atoms with van der Waals surface area (Å²) >= 11 is 0. The zero-order valence-electron chi connectivity index (χ0n) is 26.8. The second-order valence-electron chi connectivity index (χ2n) is 14.2. The first-order chi connectivity index (χ1) is 23.8. The molecular weight excluding hydrogens is 577 g/mol. The summed E-state index contributed by atoms with van der Waals surface area (Å²) in [4.78, 5) is 0. The van der Waals surface area contributed by atoms with Crippen LogP contribution in [0.1, 0.15) is 64.0 Å². The normalized spacial score (nSPS) is 20.0. The third-order valence-electron chi connectivity index (χ3n) is 11.7. The average molecular weight is 611 g/mol. The van der Waals surface area contributed by atoms with E-state index in [0.717, 1.165) is 19.3 Å². The van der Waals surface area contributed by atoms with Gasteiger partial charge in [-0.3, -0.25) is 0 Å². The van der Waals surface area contributed by atoms with Gasteiger partial charge in [-0.25, -0.2) is 0 Å². The molecule has 3 unspecified atom stereocenters. The maximum Gasteiger partial charge on any atom is 0.0212 e. The molecule has 0 amide bonds. The van der Waals surface area contributed by atoms with E-state index in [9.17, 15) is 0 Å². The summed E-state index contributed by atoms with van der Waals surface area (Å²) in [6, 6.07) is 41.8. The van der Waals surface area contributed by atoms with Gasteiger partial charge in [-0.15, -0.1) is 0 Å². The third kappa shape index (κ3) is 3.61. The second kappa shape index (κ2) is 10.0. The van der Waals surface area contributed by atoms with Gasteiger partial charge in [0, 0.05) is 17.8 Å². The molecular formula is C48H34. The molecule has 0 aromatic heterocycles. The lowest BCUT2D eigenvalue weighted by Crippen LogP contribution is -2.20. The Morgan fingerprint density at radius 2 is 1.48 bits per heavy atom. The Kier molecular flexibility index (Phi) is 5.55. The minimum absolute atomic E-state index is 0.269. The third-order valence-corrected chi connectivity index (χ3v) is 11.7. The van der Waals surface area contributed by atoms with Crippen molar-refractivity contribution in [3.63, 3.8) is 0 Å². The summed E-state index contributed by atoms with van der Waals surface area (Å²) in [6.45, 7) is 0. The summed E-state index contributed by atoms with van der Waals surface area (Å²) in [6.07, 6.45) is 19.9. The number of rotatable bonds is 3. The van der Waals surface area contributed by atoms with Gasteiger partial charge in [0.05, 0.1) is 0 Å². The fourth-order valence-electron chi connectivity index (χ4n) is 9.82. The number of fused-ring (bicyclic) bond motifs is 5. The Hall–Kier alpha value is -5.46. The molecule has 0 aliphatic heterocycles. The van der Waals surface area contributed by atoms with Crippen LogP contribution in [0.4, 0.5) is 0 Å². The molecule has 0 fully saturated rings. The lowest BCUT2D eigenvalue weighted by Gasteiger charge is -2.30. The van der Waals surface area contributed by atoms with E-state index in [0.29, 0.717) is 5.92 Å². The lowest BCUT2D eigenvalue weighted by atomic mass is 9.73. The molecule has 0 radical (unpaired) electrons. The molecule has 0 nitrogen and oxygen atoms in total. The van der Waals surface area contributed by atoms with E-state index in [-0.39, 0.29) is 11.8 Å². The predicted molar refractivity (Wildman–Crippen MR) is 204 cm³/mol. The van der Waals surface area contributed by atoms with Gasteiger partial charge < -0.3 is 0 Å². The van der Waals surface area contributed by atoms with Crippen LogP contribution in [0, 0.1) is 0 Å². The van der Waals surface area contributed by atoms with Crippen molar-refractivity contribution in [2.24, 2.45) is 0 Å². The van der Waals surface area contributed by atoms with Crippen LogP contribution < -0.4 is 5.22 Å². The maximum atomic E-state index is 2.65. The first kappa shape index (κ1) is 26.6. The van der Waals surface area contributed by atoms with Crippen molar-refractivity contribution in [1.82, 2.24) is 0 Å². The Labute approximate surface area is 281 Å². The van der Waals surface area contributed by atoms with Gasteiger partial charge in [0.15, 0.2) is 0 Å². The highest BCUT2D eigenvalue weighted by Gasteiger charge is 2.40. The highest BCUT2D eigenvalue weighted by Crippen LogP contribution is 2.58. The number of hydrogen-bond donors (Lipinski definition) is 0. The van der Waals surface area contributed by atoms with Crippen LogP contribution in [-0.2, 0) is 6.42 Å². The Morgan fingerprint density at radius 1 is 0.625 bits per heavy atom. The summed E-state index contributed by atoms with van der Waals surface area (Å²) < 4.78 is 0. The van der Waals surface area contributed by atoms with Gasteiger partial charge in [0.25, 0.3) is 0 Å². The smallest absolute Gasteiger partial charge is 0.0212 e. The van der Waals surface area contributed by atoms with Crippen LogP contribution in [0.3, 0.4) is 0 Å².